The van der Waals surface area contributed by atoms with E-state index in [1.165, 1.54) is 25.0 Å². The second-order valence-corrected chi connectivity index (χ2v) is 19.7. The molecule has 4 saturated heterocycles. The van der Waals surface area contributed by atoms with E-state index in [2.05, 4.69) is 24.9 Å². The Morgan fingerprint density at radius 1 is 0.887 bits per heavy atom. The number of aromatic nitrogens is 4. The van der Waals surface area contributed by atoms with E-state index in [-0.39, 0.29) is 29.8 Å². The maximum Gasteiger partial charge on any atom is 0.246 e. The molecular formula is C46H62N10O5S. The van der Waals surface area contributed by atoms with E-state index in [0.29, 0.717) is 60.3 Å². The molecule has 5 fully saturated rings. The van der Waals surface area contributed by atoms with Crippen LogP contribution < -0.4 is 19.9 Å². The van der Waals surface area contributed by atoms with Crippen molar-refractivity contribution in [3.05, 3.63) is 65.9 Å². The Hall–Kier alpha value is -4.35. The Kier molecular flexibility index (Phi) is 13.3. The van der Waals surface area contributed by atoms with Gasteiger partial charge in [-0.1, -0.05) is 0 Å². The molecule has 332 valence electrons. The first-order valence-corrected chi connectivity index (χ1v) is 24.2. The molecule has 1 atom stereocenters. The second kappa shape index (κ2) is 19.2. The van der Waals surface area contributed by atoms with Crippen molar-refractivity contribution in [2.45, 2.75) is 86.6 Å². The van der Waals surface area contributed by atoms with Crippen molar-refractivity contribution in [3.8, 4) is 5.75 Å². The highest BCUT2D eigenvalue weighted by molar-refractivity contribution is 7.91. The van der Waals surface area contributed by atoms with Gasteiger partial charge in [-0.15, -0.1) is 0 Å². The summed E-state index contributed by atoms with van der Waals surface area (Å²) < 4.78 is 18.0. The van der Waals surface area contributed by atoms with Gasteiger partial charge in [-0.2, -0.15) is 4.98 Å². The van der Waals surface area contributed by atoms with E-state index < -0.39 is 11.2 Å². The van der Waals surface area contributed by atoms with Crippen LogP contribution in [0.1, 0.15) is 85.6 Å². The summed E-state index contributed by atoms with van der Waals surface area (Å²) in [5, 5.41) is 13.6. The lowest BCUT2D eigenvalue weighted by molar-refractivity contribution is -0.127. The first-order valence-electron chi connectivity index (χ1n) is 22.9. The number of carbonyl (C=O) groups excluding carboxylic acids is 2. The number of likely N-dealkylation sites (tertiary alicyclic amines) is 1. The molecule has 1 aromatic carbocycles. The third-order valence-electron chi connectivity index (χ3n) is 14.4. The number of ether oxygens (including phenoxy) is 1. The van der Waals surface area contributed by atoms with Gasteiger partial charge in [0.05, 0.1) is 37.3 Å². The van der Waals surface area contributed by atoms with Crippen LogP contribution in [-0.2, 0) is 22.4 Å². The molecule has 0 bridgehead atoms. The van der Waals surface area contributed by atoms with Crippen LogP contribution in [0.4, 0.5) is 17.5 Å². The summed E-state index contributed by atoms with van der Waals surface area (Å²) in [6, 6.07) is 7.54. The Bertz CT molecular complexity index is 2030. The number of ketones is 1. The average molecular weight is 867 g/mol. The Balaban J connectivity index is 0.680. The number of aliphatic hydroxyl groups is 1. The second-order valence-electron chi connectivity index (χ2n) is 18.2. The molecule has 0 radical (unpaired) electrons. The Morgan fingerprint density at radius 2 is 1.58 bits per heavy atom. The van der Waals surface area contributed by atoms with Crippen molar-refractivity contribution >= 4 is 40.3 Å². The van der Waals surface area contributed by atoms with Gasteiger partial charge in [0.1, 0.15) is 23.0 Å². The molecule has 1 saturated carbocycles. The summed E-state index contributed by atoms with van der Waals surface area (Å²) >= 11 is -1.11. The molecule has 5 aliphatic heterocycles. The summed E-state index contributed by atoms with van der Waals surface area (Å²) in [5.41, 5.74) is 2.15. The Labute approximate surface area is 368 Å². The topological polar surface area (TPSA) is 166 Å². The largest absolute Gasteiger partial charge is 0.611 e. The third kappa shape index (κ3) is 9.59. The first kappa shape index (κ1) is 42.9. The zero-order valence-electron chi connectivity index (χ0n) is 36.1. The minimum atomic E-state index is -1.11. The fraction of sp³-hybridized carbons (Fsp3) is 0.609. The maximum absolute atomic E-state index is 12.9. The molecule has 0 unspecified atom stereocenters. The van der Waals surface area contributed by atoms with Crippen molar-refractivity contribution in [2.75, 3.05) is 107 Å². The van der Waals surface area contributed by atoms with Crippen molar-refractivity contribution in [3.63, 3.8) is 0 Å². The van der Waals surface area contributed by atoms with E-state index in [1.54, 1.807) is 31.4 Å². The molecule has 3 aromatic rings. The summed E-state index contributed by atoms with van der Waals surface area (Å²) in [5.74, 6) is 4.20. The number of methoxy groups -OCH3 is 1. The average Bonchev–Trinajstić information content (AvgIpc) is 3.70. The van der Waals surface area contributed by atoms with Gasteiger partial charge in [0.15, 0.2) is 11.6 Å². The number of hydrogen-bond acceptors (Lipinski definition) is 14. The number of amides is 1. The van der Waals surface area contributed by atoms with Crippen LogP contribution in [0.15, 0.2) is 53.7 Å². The van der Waals surface area contributed by atoms with Crippen LogP contribution in [0.25, 0.3) is 0 Å². The summed E-state index contributed by atoms with van der Waals surface area (Å²) in [6.45, 7) is 10.2. The first-order chi connectivity index (χ1) is 30.3. The van der Waals surface area contributed by atoms with E-state index in [1.807, 2.05) is 17.3 Å². The highest BCUT2D eigenvalue weighted by Gasteiger charge is 2.41. The number of aryl methyl sites for hydroxylation is 1. The van der Waals surface area contributed by atoms with Crippen molar-refractivity contribution in [1.82, 2.24) is 34.6 Å². The molecule has 16 heteroatoms. The lowest BCUT2D eigenvalue weighted by Crippen LogP contribution is -2.51. The Morgan fingerprint density at radius 3 is 2.23 bits per heavy atom. The molecule has 1 aliphatic carbocycles. The van der Waals surface area contributed by atoms with Crippen LogP contribution in [0.3, 0.4) is 0 Å². The predicted molar refractivity (Wildman–Crippen MR) is 240 cm³/mol. The number of benzene rings is 1. The lowest BCUT2D eigenvalue weighted by atomic mass is 9.77. The zero-order valence-corrected chi connectivity index (χ0v) is 36.9. The highest BCUT2D eigenvalue weighted by atomic mass is 32.2. The number of allylic oxidation sites excluding steroid dienone is 1. The maximum atomic E-state index is 12.9. The SMILES string of the molecule is COc1ccc(C(=O)/C=C/C(=O)N2CCN(CC3CCN(C4CCN(c5cnc(C6CCN(c7nc8c(c(NC9(CO)CCC9)n7)[S@+]([O-])CC8)CC6)nc5)CC4)CC3)CC2)cc1. The van der Waals surface area contributed by atoms with E-state index in [9.17, 15) is 19.2 Å². The van der Waals surface area contributed by atoms with Crippen LogP contribution in [0.2, 0.25) is 0 Å². The van der Waals surface area contributed by atoms with Gasteiger partial charge in [0.2, 0.25) is 16.8 Å². The van der Waals surface area contributed by atoms with Crippen LogP contribution in [-0.4, -0.2) is 159 Å². The highest BCUT2D eigenvalue weighted by Crippen LogP contribution is 2.40. The normalized spacial score (nSPS) is 23.1. The van der Waals surface area contributed by atoms with Gasteiger partial charge >= 0.3 is 0 Å². The summed E-state index contributed by atoms with van der Waals surface area (Å²) in [4.78, 5) is 57.5. The molecule has 9 rings (SSSR count). The minimum absolute atomic E-state index is 0.0456. The third-order valence-corrected chi connectivity index (χ3v) is 15.9. The number of piperidine rings is 3. The molecule has 0 spiro atoms. The fourth-order valence-corrected chi connectivity index (χ4v) is 11.5. The van der Waals surface area contributed by atoms with E-state index in [4.69, 9.17) is 24.7 Å². The van der Waals surface area contributed by atoms with Crippen LogP contribution in [0.5, 0.6) is 5.75 Å². The number of carbonyl (C=O) groups is 2. The van der Waals surface area contributed by atoms with E-state index in [0.717, 1.165) is 126 Å². The number of nitrogens with zero attached hydrogens (tertiary/aromatic N) is 9. The minimum Gasteiger partial charge on any atom is -0.611 e. The molecule has 15 nitrogen and oxygen atoms in total. The molecular weight excluding hydrogens is 805 g/mol. The standard InChI is InChI=1S/C46H62N10O5S/c1-61-38-5-3-34(4-6-38)40(58)7-8-41(59)55-26-24-52(25-27-55)31-33-9-18-53(19-10-33)36-13-22-54(23-14-36)37-29-47-43(48-30-37)35-11-20-56(21-12-35)45-49-39-15-28-62(60)42(39)44(50-45)51-46(32-57)16-2-17-46/h3-8,29-30,33,35-36,57H,2,9-28,31-32H2,1H3,(H,49,50,51)/b8-7+/t62-/m1/s1. The number of piperazine rings is 1. The van der Waals surface area contributed by atoms with Crippen molar-refractivity contribution < 1.29 is 24.0 Å². The number of anilines is 3. The summed E-state index contributed by atoms with van der Waals surface area (Å²) in [7, 11) is 1.59. The van der Waals surface area contributed by atoms with Gasteiger partial charge < -0.3 is 39.3 Å². The number of fused-ring (bicyclic) bond motifs is 1. The smallest absolute Gasteiger partial charge is 0.246 e. The van der Waals surface area contributed by atoms with E-state index >= 15 is 0 Å². The molecule has 6 aliphatic rings. The quantitative estimate of drug-likeness (QED) is 0.144. The van der Waals surface area contributed by atoms with Crippen molar-refractivity contribution in [2.24, 2.45) is 5.92 Å². The van der Waals surface area contributed by atoms with Crippen molar-refractivity contribution in [1.29, 1.82) is 0 Å². The van der Waals surface area contributed by atoms with Crippen LogP contribution in [0, 0.1) is 5.92 Å². The predicted octanol–water partition coefficient (Wildman–Crippen LogP) is 3.91. The molecule has 1 amide bonds. The van der Waals surface area contributed by atoms with Gasteiger partial charge in [-0.05, 0) is 118 Å². The fourth-order valence-electron chi connectivity index (χ4n) is 10.2. The number of rotatable bonds is 13. The number of nitrogens with one attached hydrogen (secondary N) is 1. The lowest BCUT2D eigenvalue weighted by Gasteiger charge is -2.43. The van der Waals surface area contributed by atoms with Gasteiger partial charge in [-0.3, -0.25) is 14.5 Å². The van der Waals surface area contributed by atoms with Gasteiger partial charge in [-0.25, -0.2) is 15.0 Å². The van der Waals surface area contributed by atoms with Crippen LogP contribution >= 0.6 is 0 Å². The summed E-state index contributed by atoms with van der Waals surface area (Å²) in [6.07, 6.45) is 17.0. The number of aliphatic hydroxyl groups excluding tert-OH is 1. The van der Waals surface area contributed by atoms with Gasteiger partial charge in [0.25, 0.3) is 0 Å². The monoisotopic (exact) mass is 866 g/mol. The molecule has 2 aromatic heterocycles. The van der Waals surface area contributed by atoms with Gasteiger partial charge in [0, 0.05) is 88.9 Å². The molecule has 2 N–H and O–H groups in total. The molecule has 62 heavy (non-hydrogen) atoms. The zero-order chi connectivity index (χ0) is 42.6. The molecule has 7 heterocycles. The number of hydrogen-bond donors (Lipinski definition) is 2.